The van der Waals surface area contributed by atoms with Crippen LogP contribution in [-0.2, 0) is 0 Å². The quantitative estimate of drug-likeness (QED) is 0.740. The van der Waals surface area contributed by atoms with E-state index in [0.29, 0.717) is 0 Å². The van der Waals surface area contributed by atoms with Gasteiger partial charge in [0.05, 0.1) is 19.6 Å². The lowest BCUT2D eigenvalue weighted by Gasteiger charge is -2.46. The molecule has 2 unspecified atom stereocenters. The Kier molecular flexibility index (Phi) is 5.51. The topological polar surface area (TPSA) is 24.9 Å². The van der Waals surface area contributed by atoms with Crippen LogP contribution in [0.1, 0.15) is 22.7 Å². The van der Waals surface area contributed by atoms with Gasteiger partial charge in [-0.05, 0) is 42.4 Å². The number of hydrogen-bond acceptors (Lipinski definition) is 5. The lowest BCUT2D eigenvalue weighted by atomic mass is 10.1. The molecule has 0 saturated carbocycles. The van der Waals surface area contributed by atoms with Crippen LogP contribution in [0.15, 0.2) is 48.5 Å². The molecular formula is C19H22N2O2S2. The van der Waals surface area contributed by atoms with Gasteiger partial charge in [0.1, 0.15) is 22.0 Å². The molecule has 0 N–H and O–H groups in total. The number of hydrogen-bond donors (Lipinski definition) is 0. The average Bonchev–Trinajstić information content (AvgIpc) is 2.65. The van der Waals surface area contributed by atoms with Crippen molar-refractivity contribution in [2.75, 3.05) is 28.3 Å². The monoisotopic (exact) mass is 374 g/mol. The molecule has 25 heavy (non-hydrogen) atoms. The largest absolute Gasteiger partial charge is 0.497 e. The average molecular weight is 375 g/mol. The molecule has 0 bridgehead atoms. The van der Waals surface area contributed by atoms with Gasteiger partial charge >= 0.3 is 0 Å². The van der Waals surface area contributed by atoms with E-state index in [2.05, 4.69) is 41.1 Å². The number of thiocarbonyl (C=S) groups is 1. The summed E-state index contributed by atoms with van der Waals surface area (Å²) in [5.41, 5.74) is 2.33. The highest BCUT2D eigenvalue weighted by atomic mass is 32.2. The van der Waals surface area contributed by atoms with Crippen LogP contribution < -0.4 is 9.47 Å². The minimum atomic E-state index is 0.0417. The number of nitrogens with zero attached hydrogens (tertiary/aromatic N) is 2. The third-order valence-electron chi connectivity index (χ3n) is 4.39. The number of methoxy groups -OCH3 is 2. The van der Waals surface area contributed by atoms with Crippen molar-refractivity contribution in [2.24, 2.45) is 0 Å². The molecule has 1 heterocycles. The van der Waals surface area contributed by atoms with E-state index in [-0.39, 0.29) is 11.5 Å². The zero-order chi connectivity index (χ0) is 18.0. The Hall–Kier alpha value is -1.76. The van der Waals surface area contributed by atoms with Crippen LogP contribution in [0.4, 0.5) is 0 Å². The van der Waals surface area contributed by atoms with Gasteiger partial charge in [-0.3, -0.25) is 4.90 Å². The third kappa shape index (κ3) is 3.61. The van der Waals surface area contributed by atoms with Gasteiger partial charge in [0.2, 0.25) is 0 Å². The van der Waals surface area contributed by atoms with E-state index in [1.54, 1.807) is 26.0 Å². The highest BCUT2D eigenvalue weighted by Gasteiger charge is 2.36. The maximum atomic E-state index is 5.66. The maximum absolute atomic E-state index is 5.66. The van der Waals surface area contributed by atoms with Gasteiger partial charge in [0, 0.05) is 7.05 Å². The molecule has 0 spiro atoms. The predicted molar refractivity (Wildman–Crippen MR) is 107 cm³/mol. The number of benzene rings is 2. The summed E-state index contributed by atoms with van der Waals surface area (Å²) < 4.78 is 11.7. The van der Waals surface area contributed by atoms with E-state index >= 15 is 0 Å². The van der Waals surface area contributed by atoms with Gasteiger partial charge in [0.15, 0.2) is 0 Å². The standard InChI is InChI=1S/C19H22N2O2S2/c1-20-17(13-7-5-9-15(11-13)22-3)21(2)19(24)25-18(20)14-8-6-10-16(12-14)23-4/h5-12,17-18H,1-4H3. The van der Waals surface area contributed by atoms with Gasteiger partial charge in [-0.1, -0.05) is 48.2 Å². The first-order valence-corrected chi connectivity index (χ1v) is 9.27. The zero-order valence-electron chi connectivity index (χ0n) is 14.8. The van der Waals surface area contributed by atoms with E-state index in [0.717, 1.165) is 21.4 Å². The van der Waals surface area contributed by atoms with Crippen LogP contribution in [-0.4, -0.2) is 42.4 Å². The molecule has 0 amide bonds. The molecule has 6 heteroatoms. The first kappa shape index (κ1) is 18.0. The molecule has 2 aromatic rings. The molecule has 2 atom stereocenters. The van der Waals surface area contributed by atoms with Crippen molar-refractivity contribution in [1.82, 2.24) is 9.80 Å². The van der Waals surface area contributed by atoms with Crippen molar-refractivity contribution in [3.05, 3.63) is 59.7 Å². The van der Waals surface area contributed by atoms with Crippen LogP contribution in [0.3, 0.4) is 0 Å². The van der Waals surface area contributed by atoms with Gasteiger partial charge in [-0.25, -0.2) is 0 Å². The fraction of sp³-hybridized carbons (Fsp3) is 0.316. The summed E-state index contributed by atoms with van der Waals surface area (Å²) >= 11 is 7.34. The van der Waals surface area contributed by atoms with E-state index in [4.69, 9.17) is 21.7 Å². The summed E-state index contributed by atoms with van der Waals surface area (Å²) in [6.07, 6.45) is 0.0417. The summed E-state index contributed by atoms with van der Waals surface area (Å²) in [6, 6.07) is 16.3. The number of rotatable bonds is 4. The van der Waals surface area contributed by atoms with Gasteiger partial charge in [0.25, 0.3) is 0 Å². The molecule has 132 valence electrons. The second-order valence-electron chi connectivity index (χ2n) is 5.94. The summed E-state index contributed by atoms with van der Waals surface area (Å²) in [7, 11) is 7.54. The molecule has 1 saturated heterocycles. The molecule has 0 radical (unpaired) electrons. The van der Waals surface area contributed by atoms with Crippen molar-refractivity contribution in [2.45, 2.75) is 11.5 Å². The van der Waals surface area contributed by atoms with Crippen LogP contribution in [0, 0.1) is 0 Å². The molecule has 1 aliphatic rings. The molecule has 0 aromatic heterocycles. The van der Waals surface area contributed by atoms with E-state index in [1.807, 2.05) is 31.3 Å². The second-order valence-corrected chi connectivity index (χ2v) is 7.65. The van der Waals surface area contributed by atoms with Gasteiger partial charge < -0.3 is 14.4 Å². The molecule has 3 rings (SSSR count). The Balaban J connectivity index is 1.98. The summed E-state index contributed by atoms with van der Waals surface area (Å²) in [6.45, 7) is 0. The molecule has 4 nitrogen and oxygen atoms in total. The highest BCUT2D eigenvalue weighted by Crippen LogP contribution is 2.45. The predicted octanol–water partition coefficient (Wildman–Crippen LogP) is 4.30. The van der Waals surface area contributed by atoms with Crippen molar-refractivity contribution in [3.63, 3.8) is 0 Å². The minimum Gasteiger partial charge on any atom is -0.497 e. The van der Waals surface area contributed by atoms with Crippen molar-refractivity contribution in [1.29, 1.82) is 0 Å². The Morgan fingerprint density at radius 1 is 0.920 bits per heavy atom. The van der Waals surface area contributed by atoms with Gasteiger partial charge in [-0.2, -0.15) is 0 Å². The fourth-order valence-corrected chi connectivity index (χ4v) is 4.52. The Morgan fingerprint density at radius 2 is 1.48 bits per heavy atom. The van der Waals surface area contributed by atoms with E-state index in [9.17, 15) is 0 Å². The molecule has 1 fully saturated rings. The Morgan fingerprint density at radius 3 is 2.08 bits per heavy atom. The summed E-state index contributed by atoms with van der Waals surface area (Å²) in [4.78, 5) is 4.45. The van der Waals surface area contributed by atoms with Crippen molar-refractivity contribution < 1.29 is 9.47 Å². The van der Waals surface area contributed by atoms with Crippen molar-refractivity contribution in [3.8, 4) is 11.5 Å². The normalized spacial score (nSPS) is 21.3. The molecule has 2 aromatic carbocycles. The van der Waals surface area contributed by atoms with Gasteiger partial charge in [-0.15, -0.1) is 0 Å². The molecule has 0 aliphatic carbocycles. The van der Waals surface area contributed by atoms with Crippen LogP contribution in [0.25, 0.3) is 0 Å². The summed E-state index contributed by atoms with van der Waals surface area (Å²) in [5, 5.41) is 0.120. The molecular weight excluding hydrogens is 352 g/mol. The smallest absolute Gasteiger partial charge is 0.139 e. The SMILES string of the molecule is COc1cccc(C2SC(=S)N(C)C(c3cccc(OC)c3)N2C)c1. The Labute approximate surface area is 158 Å². The van der Waals surface area contributed by atoms with Crippen LogP contribution in [0.2, 0.25) is 0 Å². The second kappa shape index (κ2) is 7.64. The third-order valence-corrected chi connectivity index (χ3v) is 6.29. The minimum absolute atomic E-state index is 0.0417. The van der Waals surface area contributed by atoms with Crippen LogP contribution in [0.5, 0.6) is 11.5 Å². The Bertz CT molecular complexity index is 769. The fourth-order valence-electron chi connectivity index (χ4n) is 3.12. The van der Waals surface area contributed by atoms with Crippen LogP contribution >= 0.6 is 24.0 Å². The zero-order valence-corrected chi connectivity index (χ0v) is 16.4. The lowest BCUT2D eigenvalue weighted by Crippen LogP contribution is -2.45. The highest BCUT2D eigenvalue weighted by molar-refractivity contribution is 8.23. The first-order valence-electron chi connectivity index (χ1n) is 7.98. The number of ether oxygens (including phenoxy) is 2. The number of thioether (sulfide) groups is 1. The lowest BCUT2D eigenvalue weighted by molar-refractivity contribution is 0.122. The first-order chi connectivity index (χ1) is 12.0. The molecule has 1 aliphatic heterocycles. The van der Waals surface area contributed by atoms with E-state index < -0.39 is 0 Å². The summed E-state index contributed by atoms with van der Waals surface area (Å²) in [5.74, 6) is 1.70. The maximum Gasteiger partial charge on any atom is 0.139 e. The van der Waals surface area contributed by atoms with E-state index in [1.165, 1.54) is 5.56 Å². The van der Waals surface area contributed by atoms with Crippen molar-refractivity contribution >= 4 is 28.3 Å².